The van der Waals surface area contributed by atoms with Crippen molar-refractivity contribution in [3.8, 4) is 0 Å². The van der Waals surface area contributed by atoms with Crippen molar-refractivity contribution < 1.29 is 4.52 Å². The first-order valence-electron chi connectivity index (χ1n) is 7.49. The van der Waals surface area contributed by atoms with Gasteiger partial charge in [0, 0.05) is 12.5 Å². The van der Waals surface area contributed by atoms with Crippen LogP contribution in [0.15, 0.2) is 34.9 Å². The van der Waals surface area contributed by atoms with Crippen LogP contribution < -0.4 is 5.32 Å². The Morgan fingerprint density at radius 3 is 2.80 bits per heavy atom. The summed E-state index contributed by atoms with van der Waals surface area (Å²) in [6.07, 6.45) is 5.56. The fourth-order valence-corrected chi connectivity index (χ4v) is 3.20. The van der Waals surface area contributed by atoms with Crippen LogP contribution in [-0.4, -0.2) is 22.7 Å². The summed E-state index contributed by atoms with van der Waals surface area (Å²) in [5.41, 5.74) is 1.33. The monoisotopic (exact) mass is 269 g/mol. The van der Waals surface area contributed by atoms with Gasteiger partial charge < -0.3 is 9.84 Å². The third-order valence-corrected chi connectivity index (χ3v) is 4.56. The maximum absolute atomic E-state index is 5.47. The molecule has 1 aliphatic carbocycles. The van der Waals surface area contributed by atoms with Gasteiger partial charge in [0.1, 0.15) is 0 Å². The van der Waals surface area contributed by atoms with Crippen LogP contribution in [0.5, 0.6) is 0 Å². The number of benzene rings is 1. The van der Waals surface area contributed by atoms with E-state index < -0.39 is 0 Å². The van der Waals surface area contributed by atoms with E-state index in [9.17, 15) is 0 Å². The van der Waals surface area contributed by atoms with Gasteiger partial charge in [-0.3, -0.25) is 0 Å². The largest absolute Gasteiger partial charge is 0.339 e. The number of nitrogens with zero attached hydrogens (tertiary/aromatic N) is 2. The Morgan fingerprint density at radius 1 is 1.25 bits per heavy atom. The van der Waals surface area contributed by atoms with Crippen molar-refractivity contribution in [2.24, 2.45) is 0 Å². The topological polar surface area (TPSA) is 51.0 Å². The van der Waals surface area contributed by atoms with E-state index in [2.05, 4.69) is 39.7 Å². The first-order valence-corrected chi connectivity index (χ1v) is 7.49. The highest BCUT2D eigenvalue weighted by Crippen LogP contribution is 2.52. The van der Waals surface area contributed by atoms with Crippen molar-refractivity contribution in [3.63, 3.8) is 0 Å². The zero-order chi connectivity index (χ0) is 13.4. The van der Waals surface area contributed by atoms with Crippen LogP contribution in [0.4, 0.5) is 0 Å². The Bertz CT molecular complexity index is 583. The second-order valence-corrected chi connectivity index (χ2v) is 5.96. The summed E-state index contributed by atoms with van der Waals surface area (Å²) in [5.74, 6) is 1.65. The molecule has 1 aromatic carbocycles. The fourth-order valence-electron chi connectivity index (χ4n) is 3.20. The molecular formula is C16H19N3O. The van der Waals surface area contributed by atoms with E-state index in [1.165, 1.54) is 18.4 Å². The lowest BCUT2D eigenvalue weighted by molar-refractivity contribution is 0.357. The van der Waals surface area contributed by atoms with Gasteiger partial charge in [0.25, 0.3) is 0 Å². The van der Waals surface area contributed by atoms with Gasteiger partial charge in [0.05, 0.1) is 5.41 Å². The average Bonchev–Trinajstić information content (AvgIpc) is 2.91. The normalized spacial score (nSPS) is 23.9. The lowest BCUT2D eigenvalue weighted by Gasteiger charge is -2.10. The van der Waals surface area contributed by atoms with Crippen molar-refractivity contribution in [1.29, 1.82) is 0 Å². The molecule has 1 aromatic heterocycles. The number of rotatable bonds is 4. The minimum absolute atomic E-state index is 0.0200. The minimum atomic E-state index is 0.0200. The molecule has 2 aliphatic rings. The molecule has 4 rings (SSSR count). The van der Waals surface area contributed by atoms with Gasteiger partial charge in [-0.15, -0.1) is 0 Å². The van der Waals surface area contributed by atoms with Crippen LogP contribution in [0.1, 0.15) is 43.0 Å². The number of aromatic nitrogens is 2. The minimum Gasteiger partial charge on any atom is -0.339 e. The highest BCUT2D eigenvalue weighted by molar-refractivity contribution is 5.38. The summed E-state index contributed by atoms with van der Waals surface area (Å²) in [4.78, 5) is 4.67. The van der Waals surface area contributed by atoms with Gasteiger partial charge in [0.15, 0.2) is 5.82 Å². The van der Waals surface area contributed by atoms with Crippen molar-refractivity contribution >= 4 is 0 Å². The molecule has 1 saturated heterocycles. The predicted octanol–water partition coefficient (Wildman–Crippen LogP) is 2.44. The zero-order valence-corrected chi connectivity index (χ0v) is 11.5. The van der Waals surface area contributed by atoms with E-state index in [1.807, 2.05) is 6.07 Å². The van der Waals surface area contributed by atoms with E-state index in [0.29, 0.717) is 6.04 Å². The molecule has 0 radical (unpaired) electrons. The van der Waals surface area contributed by atoms with Gasteiger partial charge in [-0.2, -0.15) is 4.98 Å². The number of nitrogens with one attached hydrogen (secondary N) is 1. The molecule has 2 aromatic rings. The number of hydrogen-bond acceptors (Lipinski definition) is 4. The maximum Gasteiger partial charge on any atom is 0.228 e. The third-order valence-electron chi connectivity index (χ3n) is 4.56. The molecule has 2 heterocycles. The summed E-state index contributed by atoms with van der Waals surface area (Å²) in [7, 11) is 0. The molecule has 1 N–H and O–H groups in total. The molecule has 104 valence electrons. The summed E-state index contributed by atoms with van der Waals surface area (Å²) >= 11 is 0. The van der Waals surface area contributed by atoms with Gasteiger partial charge in [-0.1, -0.05) is 35.5 Å². The predicted molar refractivity (Wildman–Crippen MR) is 75.5 cm³/mol. The zero-order valence-electron chi connectivity index (χ0n) is 11.5. The van der Waals surface area contributed by atoms with E-state index in [4.69, 9.17) is 4.52 Å². The van der Waals surface area contributed by atoms with E-state index in [0.717, 1.165) is 37.5 Å². The van der Waals surface area contributed by atoms with E-state index >= 15 is 0 Å². The molecule has 4 heteroatoms. The SMILES string of the molecule is c1ccc(C2(c3noc(CC4CCCN4)n3)CC2)cc1. The van der Waals surface area contributed by atoms with Crippen LogP contribution in [0.25, 0.3) is 0 Å². The smallest absolute Gasteiger partial charge is 0.228 e. The average molecular weight is 269 g/mol. The van der Waals surface area contributed by atoms with Gasteiger partial charge in [-0.25, -0.2) is 0 Å². The number of hydrogen-bond donors (Lipinski definition) is 1. The van der Waals surface area contributed by atoms with Gasteiger partial charge >= 0.3 is 0 Å². The highest BCUT2D eigenvalue weighted by atomic mass is 16.5. The highest BCUT2D eigenvalue weighted by Gasteiger charge is 2.49. The van der Waals surface area contributed by atoms with Crippen molar-refractivity contribution in [3.05, 3.63) is 47.6 Å². The third kappa shape index (κ3) is 2.04. The molecule has 1 saturated carbocycles. The first kappa shape index (κ1) is 12.1. The molecule has 0 spiro atoms. The summed E-state index contributed by atoms with van der Waals surface area (Å²) in [6.45, 7) is 1.11. The first-order chi connectivity index (χ1) is 9.87. The molecule has 1 atom stereocenters. The summed E-state index contributed by atoms with van der Waals surface area (Å²) in [6, 6.07) is 11.1. The van der Waals surface area contributed by atoms with Crippen molar-refractivity contribution in [2.45, 2.75) is 43.6 Å². The van der Waals surface area contributed by atoms with Crippen LogP contribution >= 0.6 is 0 Å². The standard InChI is InChI=1S/C16H19N3O/c1-2-5-12(6-3-1)16(8-9-16)15-18-14(20-19-15)11-13-7-4-10-17-13/h1-3,5-6,13,17H,4,7-11H2. The summed E-state index contributed by atoms with van der Waals surface area (Å²) < 4.78 is 5.47. The fraction of sp³-hybridized carbons (Fsp3) is 0.500. The Morgan fingerprint density at radius 2 is 2.10 bits per heavy atom. The lowest BCUT2D eigenvalue weighted by atomic mass is 9.95. The van der Waals surface area contributed by atoms with Crippen molar-refractivity contribution in [1.82, 2.24) is 15.5 Å². The van der Waals surface area contributed by atoms with Gasteiger partial charge in [-0.05, 0) is 37.8 Å². The molecule has 0 amide bonds. The Hall–Kier alpha value is -1.68. The van der Waals surface area contributed by atoms with Crippen LogP contribution in [0.2, 0.25) is 0 Å². The second kappa shape index (κ2) is 4.70. The van der Waals surface area contributed by atoms with Crippen LogP contribution in [0, 0.1) is 0 Å². The lowest BCUT2D eigenvalue weighted by Crippen LogP contribution is -2.23. The van der Waals surface area contributed by atoms with Crippen LogP contribution in [0.3, 0.4) is 0 Å². The molecule has 20 heavy (non-hydrogen) atoms. The molecule has 1 unspecified atom stereocenters. The van der Waals surface area contributed by atoms with E-state index in [1.54, 1.807) is 0 Å². The molecular weight excluding hydrogens is 250 g/mol. The maximum atomic E-state index is 5.47. The molecule has 0 bridgehead atoms. The van der Waals surface area contributed by atoms with Gasteiger partial charge in [0.2, 0.25) is 5.89 Å². The molecule has 1 aliphatic heterocycles. The van der Waals surface area contributed by atoms with E-state index in [-0.39, 0.29) is 5.41 Å². The van der Waals surface area contributed by atoms with Crippen LogP contribution in [-0.2, 0) is 11.8 Å². The summed E-state index contributed by atoms with van der Waals surface area (Å²) in [5, 5.41) is 7.73. The second-order valence-electron chi connectivity index (χ2n) is 5.96. The molecule has 2 fully saturated rings. The molecule has 4 nitrogen and oxygen atoms in total. The Balaban J connectivity index is 1.56. The Kier molecular flexibility index (Phi) is 2.84. The Labute approximate surface area is 118 Å². The van der Waals surface area contributed by atoms with Crippen molar-refractivity contribution in [2.75, 3.05) is 6.54 Å². The quantitative estimate of drug-likeness (QED) is 0.926.